The van der Waals surface area contributed by atoms with E-state index in [2.05, 4.69) is 0 Å². The van der Waals surface area contributed by atoms with Crippen molar-refractivity contribution in [3.63, 3.8) is 0 Å². The van der Waals surface area contributed by atoms with Gasteiger partial charge in [0.15, 0.2) is 17.6 Å². The van der Waals surface area contributed by atoms with E-state index in [1.807, 2.05) is 24.0 Å². The standard InChI is InChI=1S/C26H31NO7S/c1-16-5-7-19(8-6-16)35(29,30)34-24-21-14-18(31-2)9-11-26(21)20-15-23(33-4)22(32-3)13-17(20)10-12-27(26)25(24)28/h5-8,13,15,18,21,24H,9-12,14H2,1-4H3/t18-,21+,24-,26+/m0/s1. The Labute approximate surface area is 206 Å². The maximum absolute atomic E-state index is 13.8. The topological polar surface area (TPSA) is 91.4 Å². The van der Waals surface area contributed by atoms with Crippen LogP contribution in [-0.4, -0.2) is 59.3 Å². The van der Waals surface area contributed by atoms with Crippen LogP contribution in [0.3, 0.4) is 0 Å². The van der Waals surface area contributed by atoms with E-state index in [9.17, 15) is 13.2 Å². The summed E-state index contributed by atoms with van der Waals surface area (Å²) in [4.78, 5) is 15.7. The zero-order valence-corrected chi connectivity index (χ0v) is 21.3. The zero-order valence-electron chi connectivity index (χ0n) is 20.4. The number of aryl methyl sites for hydroxylation is 1. The van der Waals surface area contributed by atoms with Crippen LogP contribution in [0.1, 0.15) is 36.0 Å². The van der Waals surface area contributed by atoms with E-state index in [0.717, 1.165) is 23.1 Å². The van der Waals surface area contributed by atoms with E-state index in [4.69, 9.17) is 18.4 Å². The molecule has 9 heteroatoms. The van der Waals surface area contributed by atoms with Gasteiger partial charge in [0, 0.05) is 19.6 Å². The summed E-state index contributed by atoms with van der Waals surface area (Å²) in [6.07, 6.45) is 1.34. The maximum Gasteiger partial charge on any atom is 0.297 e. The van der Waals surface area contributed by atoms with E-state index in [1.165, 1.54) is 12.1 Å². The van der Waals surface area contributed by atoms with Crippen molar-refractivity contribution in [3.8, 4) is 11.5 Å². The highest BCUT2D eigenvalue weighted by atomic mass is 32.2. The summed E-state index contributed by atoms with van der Waals surface area (Å²) in [5.41, 5.74) is 2.31. The molecule has 1 spiro atoms. The number of carbonyl (C=O) groups is 1. The van der Waals surface area contributed by atoms with Crippen molar-refractivity contribution in [1.82, 2.24) is 4.90 Å². The Bertz CT molecular complexity index is 1240. The molecule has 0 unspecified atom stereocenters. The normalized spacial score (nSPS) is 27.7. The van der Waals surface area contributed by atoms with Gasteiger partial charge in [-0.15, -0.1) is 0 Å². The molecule has 1 saturated heterocycles. The van der Waals surface area contributed by atoms with Gasteiger partial charge < -0.3 is 19.1 Å². The molecule has 188 valence electrons. The second kappa shape index (κ2) is 8.80. The Kier molecular flexibility index (Phi) is 6.05. The minimum absolute atomic E-state index is 0.0423. The number of amides is 1. The number of nitrogens with zero attached hydrogens (tertiary/aromatic N) is 1. The Morgan fingerprint density at radius 2 is 1.71 bits per heavy atom. The van der Waals surface area contributed by atoms with Crippen LogP contribution in [0.25, 0.3) is 0 Å². The third-order valence-corrected chi connectivity index (χ3v) is 9.20. The lowest BCUT2D eigenvalue weighted by atomic mass is 9.65. The minimum atomic E-state index is -4.15. The molecule has 0 N–H and O–H groups in total. The number of hydrogen-bond acceptors (Lipinski definition) is 7. The molecule has 0 bridgehead atoms. The number of hydrogen-bond donors (Lipinski definition) is 0. The second-order valence-electron chi connectivity index (χ2n) is 9.55. The molecule has 2 heterocycles. The number of rotatable bonds is 6. The lowest BCUT2D eigenvalue weighted by Crippen LogP contribution is -2.53. The molecule has 1 aliphatic carbocycles. The first-order chi connectivity index (χ1) is 16.7. The second-order valence-corrected chi connectivity index (χ2v) is 11.1. The summed E-state index contributed by atoms with van der Waals surface area (Å²) in [6.45, 7) is 2.37. The van der Waals surface area contributed by atoms with E-state index < -0.39 is 27.7 Å². The van der Waals surface area contributed by atoms with Crippen molar-refractivity contribution >= 4 is 16.0 Å². The SMILES string of the molecule is COc1cc2c(cc1OC)[C@]13CC[C@H](OC)C[C@@H]1[C@H](OS(=O)(=O)c1ccc(C)cc1)C(=O)N3CC2. The molecule has 4 atom stereocenters. The zero-order chi connectivity index (χ0) is 25.0. The van der Waals surface area contributed by atoms with Gasteiger partial charge in [0.2, 0.25) is 0 Å². The summed E-state index contributed by atoms with van der Waals surface area (Å²) in [7, 11) is 0.689. The molecule has 8 nitrogen and oxygen atoms in total. The largest absolute Gasteiger partial charge is 0.493 e. The molecular formula is C26H31NO7S. The van der Waals surface area contributed by atoms with Crippen LogP contribution in [0, 0.1) is 12.8 Å². The summed E-state index contributed by atoms with van der Waals surface area (Å²) in [5, 5.41) is 0. The van der Waals surface area contributed by atoms with Gasteiger partial charge in [-0.25, -0.2) is 0 Å². The van der Waals surface area contributed by atoms with Gasteiger partial charge in [0.25, 0.3) is 16.0 Å². The smallest absolute Gasteiger partial charge is 0.297 e. The van der Waals surface area contributed by atoms with E-state index in [-0.39, 0.29) is 16.9 Å². The molecule has 35 heavy (non-hydrogen) atoms. The molecule has 3 aliphatic rings. The molecule has 1 saturated carbocycles. The fourth-order valence-corrected chi connectivity index (χ4v) is 7.24. The first-order valence-corrected chi connectivity index (χ1v) is 13.3. The predicted octanol–water partition coefficient (Wildman–Crippen LogP) is 3.20. The summed E-state index contributed by atoms with van der Waals surface area (Å²) >= 11 is 0. The molecular weight excluding hydrogens is 470 g/mol. The number of ether oxygens (including phenoxy) is 3. The summed E-state index contributed by atoms with van der Waals surface area (Å²) in [6, 6.07) is 10.4. The quantitative estimate of drug-likeness (QED) is 0.562. The maximum atomic E-state index is 13.8. The fraction of sp³-hybridized carbons (Fsp3) is 0.500. The Morgan fingerprint density at radius 1 is 1.03 bits per heavy atom. The highest BCUT2D eigenvalue weighted by molar-refractivity contribution is 7.86. The van der Waals surface area contributed by atoms with Crippen molar-refractivity contribution < 1.29 is 31.6 Å². The lowest BCUT2D eigenvalue weighted by molar-refractivity contribution is -0.136. The van der Waals surface area contributed by atoms with Gasteiger partial charge in [0.1, 0.15) is 0 Å². The van der Waals surface area contributed by atoms with Crippen LogP contribution in [0.4, 0.5) is 0 Å². The molecule has 2 fully saturated rings. The van der Waals surface area contributed by atoms with Crippen molar-refractivity contribution in [3.05, 3.63) is 53.1 Å². The van der Waals surface area contributed by atoms with Crippen molar-refractivity contribution in [1.29, 1.82) is 0 Å². The van der Waals surface area contributed by atoms with Crippen LogP contribution in [-0.2, 0) is 35.8 Å². The molecule has 2 aliphatic heterocycles. The van der Waals surface area contributed by atoms with Crippen LogP contribution < -0.4 is 9.47 Å². The number of fused-ring (bicyclic) bond motifs is 1. The van der Waals surface area contributed by atoms with Crippen molar-refractivity contribution in [2.45, 2.75) is 55.2 Å². The van der Waals surface area contributed by atoms with Gasteiger partial charge in [0.05, 0.1) is 30.8 Å². The number of benzene rings is 2. The summed E-state index contributed by atoms with van der Waals surface area (Å²) in [5.74, 6) is 0.533. The van der Waals surface area contributed by atoms with Crippen LogP contribution in [0.5, 0.6) is 11.5 Å². The first kappa shape index (κ1) is 24.1. The average molecular weight is 502 g/mol. The average Bonchev–Trinajstić information content (AvgIpc) is 3.10. The molecule has 0 radical (unpaired) electrons. The van der Waals surface area contributed by atoms with Gasteiger partial charge in [-0.1, -0.05) is 17.7 Å². The fourth-order valence-electron chi connectivity index (χ4n) is 6.17. The van der Waals surface area contributed by atoms with Crippen LogP contribution >= 0.6 is 0 Å². The van der Waals surface area contributed by atoms with Gasteiger partial charge >= 0.3 is 0 Å². The molecule has 2 aromatic rings. The highest BCUT2D eigenvalue weighted by Crippen LogP contribution is 2.57. The van der Waals surface area contributed by atoms with E-state index in [1.54, 1.807) is 33.5 Å². The summed E-state index contributed by atoms with van der Waals surface area (Å²) < 4.78 is 49.0. The molecule has 0 aromatic heterocycles. The Morgan fingerprint density at radius 3 is 2.37 bits per heavy atom. The molecule has 5 rings (SSSR count). The van der Waals surface area contributed by atoms with Gasteiger partial charge in [-0.05, 0) is 68.0 Å². The minimum Gasteiger partial charge on any atom is -0.493 e. The highest BCUT2D eigenvalue weighted by Gasteiger charge is 2.64. The first-order valence-electron chi connectivity index (χ1n) is 11.8. The van der Waals surface area contributed by atoms with Gasteiger partial charge in [-0.3, -0.25) is 8.98 Å². The molecule has 2 aromatic carbocycles. The third-order valence-electron chi connectivity index (χ3n) is 7.89. The van der Waals surface area contributed by atoms with Crippen molar-refractivity contribution in [2.75, 3.05) is 27.9 Å². The van der Waals surface area contributed by atoms with Crippen LogP contribution in [0.2, 0.25) is 0 Å². The monoisotopic (exact) mass is 501 g/mol. The Balaban J connectivity index is 1.61. The van der Waals surface area contributed by atoms with Crippen molar-refractivity contribution in [2.24, 2.45) is 5.92 Å². The number of carbonyl (C=O) groups excluding carboxylic acids is 1. The number of methoxy groups -OCH3 is 3. The Hall–Kier alpha value is -2.62. The predicted molar refractivity (Wildman–Crippen MR) is 128 cm³/mol. The molecule has 1 amide bonds. The lowest BCUT2D eigenvalue weighted by Gasteiger charge is -2.50. The third kappa shape index (κ3) is 3.72. The van der Waals surface area contributed by atoms with Crippen LogP contribution in [0.15, 0.2) is 41.3 Å². The van der Waals surface area contributed by atoms with E-state index >= 15 is 0 Å². The van der Waals surface area contributed by atoms with E-state index in [0.29, 0.717) is 37.3 Å². The van der Waals surface area contributed by atoms with Gasteiger partial charge in [-0.2, -0.15) is 8.42 Å².